The molecule has 0 spiro atoms. The van der Waals surface area contributed by atoms with Gasteiger partial charge in [-0.3, -0.25) is 19.3 Å². The number of hydrogen-bond donors (Lipinski definition) is 0. The van der Waals surface area contributed by atoms with Crippen molar-refractivity contribution in [2.45, 2.75) is 26.4 Å². The molecule has 0 aliphatic rings. The lowest BCUT2D eigenvalue weighted by molar-refractivity contribution is 0.0970. The predicted molar refractivity (Wildman–Crippen MR) is 100 cm³/mol. The zero-order valence-corrected chi connectivity index (χ0v) is 14.6. The van der Waals surface area contributed by atoms with Crippen LogP contribution in [0.3, 0.4) is 0 Å². The van der Waals surface area contributed by atoms with E-state index in [2.05, 4.69) is 16.7 Å². The van der Waals surface area contributed by atoms with Crippen LogP contribution in [0.4, 0.5) is 0 Å². The predicted octanol–water partition coefficient (Wildman–Crippen LogP) is 2.58. The average molecular weight is 348 g/mol. The Kier molecular flexibility index (Phi) is 5.22. The maximum atomic E-state index is 12.8. The normalized spacial score (nSPS) is 10.7. The van der Waals surface area contributed by atoms with E-state index in [1.165, 1.54) is 10.6 Å². The molecule has 0 bridgehead atoms. The molecule has 0 aliphatic carbocycles. The van der Waals surface area contributed by atoms with E-state index < -0.39 is 0 Å². The summed E-state index contributed by atoms with van der Waals surface area (Å²) in [7, 11) is 0. The van der Waals surface area contributed by atoms with Crippen LogP contribution in [-0.2, 0) is 19.5 Å². The molecule has 3 heterocycles. The van der Waals surface area contributed by atoms with Gasteiger partial charge in [-0.25, -0.2) is 0 Å². The number of carbonyl (C=O) groups excluding carboxylic acids is 1. The smallest absolute Gasteiger partial charge is 0.250 e. The van der Waals surface area contributed by atoms with E-state index in [0.717, 1.165) is 17.0 Å². The third-order valence-corrected chi connectivity index (χ3v) is 4.18. The lowest BCUT2D eigenvalue weighted by Gasteiger charge is -2.09. The highest BCUT2D eigenvalue weighted by Gasteiger charge is 2.17. The first-order chi connectivity index (χ1) is 12.6. The molecule has 0 radical (unpaired) electrons. The minimum Gasteiger partial charge on any atom is -0.307 e. The van der Waals surface area contributed by atoms with Gasteiger partial charge in [0.2, 0.25) is 0 Å². The Morgan fingerprint density at radius 2 is 2.12 bits per heavy atom. The van der Waals surface area contributed by atoms with E-state index in [4.69, 9.17) is 0 Å². The van der Waals surface area contributed by atoms with Crippen LogP contribution in [-0.4, -0.2) is 25.1 Å². The highest BCUT2D eigenvalue weighted by Crippen LogP contribution is 2.13. The van der Waals surface area contributed by atoms with Crippen molar-refractivity contribution in [3.63, 3.8) is 0 Å². The lowest BCUT2D eigenvalue weighted by Crippen LogP contribution is -2.23. The number of nitrogens with zero attached hydrogens (tertiary/aromatic N) is 4. The van der Waals surface area contributed by atoms with Gasteiger partial charge in [0.15, 0.2) is 5.78 Å². The van der Waals surface area contributed by atoms with Crippen molar-refractivity contribution in [2.24, 2.45) is 0 Å². The van der Waals surface area contributed by atoms with Crippen molar-refractivity contribution in [1.82, 2.24) is 19.3 Å². The summed E-state index contributed by atoms with van der Waals surface area (Å²) < 4.78 is 3.19. The molecule has 0 aliphatic heterocycles. The Balaban J connectivity index is 1.86. The Morgan fingerprint density at radius 3 is 2.81 bits per heavy atom. The molecule has 6 nitrogen and oxygen atoms in total. The fraction of sp³-hybridized carbons (Fsp3) is 0.200. The molecule has 3 aromatic rings. The van der Waals surface area contributed by atoms with E-state index in [9.17, 15) is 9.59 Å². The number of pyridine rings is 2. The Hall–Kier alpha value is -3.28. The molecule has 6 heteroatoms. The molecule has 0 unspecified atom stereocenters. The fourth-order valence-corrected chi connectivity index (χ4v) is 2.83. The number of Topliss-reactive ketones (excluding diaryl/α,β-unsaturated/α-hetero) is 1. The minimum absolute atomic E-state index is 0.0250. The zero-order valence-electron chi connectivity index (χ0n) is 14.6. The van der Waals surface area contributed by atoms with Crippen LogP contribution in [0.15, 0.2) is 60.3 Å². The topological polar surface area (TPSA) is 69.8 Å². The van der Waals surface area contributed by atoms with Gasteiger partial charge in [0.25, 0.3) is 5.56 Å². The van der Waals surface area contributed by atoms with Gasteiger partial charge in [-0.05, 0) is 30.2 Å². The molecule has 0 saturated heterocycles. The maximum Gasteiger partial charge on any atom is 0.250 e. The summed E-state index contributed by atoms with van der Waals surface area (Å²) in [5.41, 5.74) is 2.83. The molecular formula is C20H20N4O2. The van der Waals surface area contributed by atoms with E-state index in [-0.39, 0.29) is 17.9 Å². The third-order valence-electron chi connectivity index (χ3n) is 4.18. The third kappa shape index (κ3) is 3.69. The van der Waals surface area contributed by atoms with Crippen molar-refractivity contribution in [2.75, 3.05) is 0 Å². The van der Waals surface area contributed by atoms with E-state index in [1.54, 1.807) is 35.4 Å². The first kappa shape index (κ1) is 17.5. The SMILES string of the molecule is C=Cc1ccc(=O)n(CC(=O)c2cnn(Cc3ccccn3)c2CC)c1. The van der Waals surface area contributed by atoms with E-state index in [1.807, 2.05) is 25.1 Å². The first-order valence-corrected chi connectivity index (χ1v) is 8.43. The van der Waals surface area contributed by atoms with Crippen LogP contribution in [0.25, 0.3) is 6.08 Å². The molecule has 26 heavy (non-hydrogen) atoms. The number of rotatable bonds is 7. The quantitative estimate of drug-likeness (QED) is 0.615. The highest BCUT2D eigenvalue weighted by molar-refractivity contribution is 5.96. The van der Waals surface area contributed by atoms with Crippen molar-refractivity contribution in [3.05, 3.63) is 88.4 Å². The molecule has 0 saturated carbocycles. The number of hydrogen-bond acceptors (Lipinski definition) is 4. The summed E-state index contributed by atoms with van der Waals surface area (Å²) in [6, 6.07) is 8.82. The summed E-state index contributed by atoms with van der Waals surface area (Å²) in [6.07, 6.45) is 7.25. The monoisotopic (exact) mass is 348 g/mol. The van der Waals surface area contributed by atoms with Gasteiger partial charge in [-0.15, -0.1) is 0 Å². The number of ketones is 1. The van der Waals surface area contributed by atoms with Gasteiger partial charge < -0.3 is 4.57 Å². The highest BCUT2D eigenvalue weighted by atomic mass is 16.1. The molecule has 0 fully saturated rings. The van der Waals surface area contributed by atoms with Crippen LogP contribution < -0.4 is 5.56 Å². The largest absolute Gasteiger partial charge is 0.307 e. The number of aromatic nitrogens is 4. The van der Waals surface area contributed by atoms with Crippen LogP contribution in [0, 0.1) is 0 Å². The summed E-state index contributed by atoms with van der Waals surface area (Å²) in [6.45, 7) is 6.15. The van der Waals surface area contributed by atoms with Crippen molar-refractivity contribution in [3.8, 4) is 0 Å². The van der Waals surface area contributed by atoms with Crippen LogP contribution in [0.5, 0.6) is 0 Å². The lowest BCUT2D eigenvalue weighted by atomic mass is 10.1. The van der Waals surface area contributed by atoms with E-state index in [0.29, 0.717) is 18.5 Å². The molecule has 0 N–H and O–H groups in total. The average Bonchev–Trinajstić information content (AvgIpc) is 3.07. The Labute approximate surface area is 151 Å². The van der Waals surface area contributed by atoms with Gasteiger partial charge in [0.05, 0.1) is 30.5 Å². The fourth-order valence-electron chi connectivity index (χ4n) is 2.83. The first-order valence-electron chi connectivity index (χ1n) is 8.43. The van der Waals surface area contributed by atoms with Gasteiger partial charge in [-0.1, -0.05) is 25.6 Å². The minimum atomic E-state index is -0.220. The Bertz CT molecular complexity index is 987. The van der Waals surface area contributed by atoms with Crippen LogP contribution >= 0.6 is 0 Å². The van der Waals surface area contributed by atoms with Crippen molar-refractivity contribution < 1.29 is 4.79 Å². The van der Waals surface area contributed by atoms with Crippen molar-refractivity contribution >= 4 is 11.9 Å². The van der Waals surface area contributed by atoms with Gasteiger partial charge >= 0.3 is 0 Å². The second-order valence-electron chi connectivity index (χ2n) is 5.89. The summed E-state index contributed by atoms with van der Waals surface area (Å²) in [5, 5.41) is 4.35. The molecule has 0 aromatic carbocycles. The molecule has 132 valence electrons. The standard InChI is InChI=1S/C20H20N4O2/c1-3-15-8-9-20(26)23(12-15)14-19(25)17-11-22-24(18(17)4-2)13-16-7-5-6-10-21-16/h3,5-12H,1,4,13-14H2,2H3. The maximum absolute atomic E-state index is 12.8. The molecule has 3 rings (SSSR count). The van der Waals surface area contributed by atoms with Crippen LogP contribution in [0.2, 0.25) is 0 Å². The molecular weight excluding hydrogens is 328 g/mol. The van der Waals surface area contributed by atoms with Crippen LogP contribution in [0.1, 0.15) is 34.2 Å². The zero-order chi connectivity index (χ0) is 18.5. The second-order valence-corrected chi connectivity index (χ2v) is 5.89. The summed E-state index contributed by atoms with van der Waals surface area (Å²) in [5.74, 6) is -0.141. The number of carbonyl (C=O) groups is 1. The summed E-state index contributed by atoms with van der Waals surface area (Å²) >= 11 is 0. The molecule has 0 amide bonds. The van der Waals surface area contributed by atoms with Gasteiger partial charge in [-0.2, -0.15) is 5.10 Å². The van der Waals surface area contributed by atoms with Crippen molar-refractivity contribution in [1.29, 1.82) is 0 Å². The second kappa shape index (κ2) is 7.74. The Morgan fingerprint density at radius 1 is 1.27 bits per heavy atom. The van der Waals surface area contributed by atoms with E-state index >= 15 is 0 Å². The van der Waals surface area contributed by atoms with Gasteiger partial charge in [0, 0.05) is 24.2 Å². The summed E-state index contributed by atoms with van der Waals surface area (Å²) in [4.78, 5) is 29.1. The molecule has 3 aromatic heterocycles. The molecule has 0 atom stereocenters. The van der Waals surface area contributed by atoms with Gasteiger partial charge in [0.1, 0.15) is 0 Å².